The smallest absolute Gasteiger partial charge is 0.171 e. The molecule has 0 fully saturated rings. The van der Waals surface area contributed by atoms with Gasteiger partial charge in [-0.05, 0) is 75.6 Å². The maximum atomic E-state index is 2.44. The van der Waals surface area contributed by atoms with E-state index in [2.05, 4.69) is 96.3 Å². The Hall–Kier alpha value is -2.48. The minimum Gasteiger partial charge on any atom is -0.205 e. The monoisotopic (exact) mass is 402 g/mol. The van der Waals surface area contributed by atoms with Crippen LogP contribution in [0, 0.1) is 13.8 Å². The van der Waals surface area contributed by atoms with Gasteiger partial charge in [0.25, 0.3) is 0 Å². The Kier molecular flexibility index (Phi) is 9.08. The number of aryl methyl sites for hydroxylation is 6. The zero-order chi connectivity index (χ0) is 21.0. The number of aromatic nitrogens is 2. The van der Waals surface area contributed by atoms with Crippen molar-refractivity contribution in [2.45, 2.75) is 78.3 Å². The van der Waals surface area contributed by atoms with Gasteiger partial charge in [-0.3, -0.25) is 0 Å². The lowest BCUT2D eigenvalue weighted by molar-refractivity contribution is -0.697. The van der Waals surface area contributed by atoms with Crippen molar-refractivity contribution in [3.8, 4) is 0 Å². The maximum Gasteiger partial charge on any atom is 0.171 e. The third-order valence-electron chi connectivity index (χ3n) is 5.77. The van der Waals surface area contributed by atoms with Gasteiger partial charge in [0.2, 0.25) is 0 Å². The second-order valence-corrected chi connectivity index (χ2v) is 8.68. The SMILES string of the molecule is Cc1ccc[n+](CCCCCc2cccc(CCCCC[n+]3cccc(C)c3)c2)c1. The summed E-state index contributed by atoms with van der Waals surface area (Å²) in [7, 11) is 0. The van der Waals surface area contributed by atoms with Crippen LogP contribution in [0.15, 0.2) is 73.3 Å². The van der Waals surface area contributed by atoms with Crippen LogP contribution in [-0.4, -0.2) is 0 Å². The number of nitrogens with zero attached hydrogens (tertiary/aromatic N) is 2. The summed E-state index contributed by atoms with van der Waals surface area (Å²) in [6.07, 6.45) is 18.9. The number of hydrogen-bond donors (Lipinski definition) is 0. The van der Waals surface area contributed by atoms with E-state index in [1.807, 2.05) is 0 Å². The highest BCUT2D eigenvalue weighted by Gasteiger charge is 2.03. The van der Waals surface area contributed by atoms with Crippen LogP contribution in [0.5, 0.6) is 0 Å². The van der Waals surface area contributed by atoms with Gasteiger partial charge in [-0.1, -0.05) is 24.3 Å². The highest BCUT2D eigenvalue weighted by atomic mass is 14.9. The zero-order valence-corrected chi connectivity index (χ0v) is 18.9. The summed E-state index contributed by atoms with van der Waals surface area (Å²) in [6.45, 7) is 6.57. The van der Waals surface area contributed by atoms with E-state index in [1.54, 1.807) is 0 Å². The quantitative estimate of drug-likeness (QED) is 0.271. The van der Waals surface area contributed by atoms with Gasteiger partial charge < -0.3 is 0 Å². The van der Waals surface area contributed by atoms with Crippen molar-refractivity contribution in [2.24, 2.45) is 0 Å². The molecule has 0 aliphatic heterocycles. The lowest BCUT2D eigenvalue weighted by atomic mass is 10.0. The molecule has 3 aromatic rings. The van der Waals surface area contributed by atoms with Gasteiger partial charge in [0.1, 0.15) is 13.1 Å². The van der Waals surface area contributed by atoms with Crippen molar-refractivity contribution >= 4 is 0 Å². The summed E-state index contributed by atoms with van der Waals surface area (Å²) in [6, 6.07) is 17.9. The number of hydrogen-bond acceptors (Lipinski definition) is 0. The van der Waals surface area contributed by atoms with Crippen LogP contribution in [-0.2, 0) is 25.9 Å². The van der Waals surface area contributed by atoms with E-state index in [1.165, 1.54) is 73.6 Å². The number of unbranched alkanes of at least 4 members (excludes halogenated alkanes) is 4. The summed E-state index contributed by atoms with van der Waals surface area (Å²) < 4.78 is 4.63. The second-order valence-electron chi connectivity index (χ2n) is 8.68. The minimum absolute atomic E-state index is 1.13. The van der Waals surface area contributed by atoms with E-state index in [9.17, 15) is 0 Å². The van der Waals surface area contributed by atoms with E-state index in [-0.39, 0.29) is 0 Å². The van der Waals surface area contributed by atoms with Crippen LogP contribution in [0.25, 0.3) is 0 Å². The average Bonchev–Trinajstić information content (AvgIpc) is 2.74. The third-order valence-corrected chi connectivity index (χ3v) is 5.77. The Labute approximate surface area is 183 Å². The molecule has 0 aliphatic carbocycles. The van der Waals surface area contributed by atoms with Crippen LogP contribution in [0.1, 0.15) is 60.8 Å². The van der Waals surface area contributed by atoms with Gasteiger partial charge in [-0.2, -0.15) is 0 Å². The molecule has 2 heterocycles. The molecule has 0 unspecified atom stereocenters. The molecule has 0 saturated heterocycles. The molecule has 3 rings (SSSR count). The van der Waals surface area contributed by atoms with Gasteiger partial charge in [0, 0.05) is 36.1 Å². The Morgan fingerprint density at radius 3 is 1.53 bits per heavy atom. The Bertz CT molecular complexity index is 830. The minimum atomic E-state index is 1.13. The van der Waals surface area contributed by atoms with Gasteiger partial charge in [0.15, 0.2) is 24.8 Å². The summed E-state index contributed by atoms with van der Waals surface area (Å²) in [4.78, 5) is 0. The molecule has 0 saturated carbocycles. The Morgan fingerprint density at radius 1 is 0.567 bits per heavy atom. The van der Waals surface area contributed by atoms with Crippen LogP contribution in [0.4, 0.5) is 0 Å². The van der Waals surface area contributed by atoms with E-state index in [0.717, 1.165) is 13.1 Å². The summed E-state index contributed by atoms with van der Waals surface area (Å²) in [5.74, 6) is 0. The van der Waals surface area contributed by atoms with Crippen molar-refractivity contribution in [3.63, 3.8) is 0 Å². The van der Waals surface area contributed by atoms with Crippen LogP contribution < -0.4 is 9.13 Å². The standard InChI is InChI=1S/C28H38N2/c1-25-12-10-20-29(23-25)18-7-3-5-14-27-16-9-17-28(22-27)15-6-4-8-19-30-21-11-13-26(2)24-30/h9-13,16-17,20-24H,3-8,14-15,18-19H2,1-2H3/q+2. The number of benzene rings is 1. The molecule has 2 nitrogen and oxygen atoms in total. The molecule has 0 aliphatic rings. The van der Waals surface area contributed by atoms with Crippen molar-refractivity contribution < 1.29 is 9.13 Å². The molecular formula is C28H38N2+2. The number of pyridine rings is 2. The van der Waals surface area contributed by atoms with Crippen LogP contribution in [0.2, 0.25) is 0 Å². The topological polar surface area (TPSA) is 7.76 Å². The Morgan fingerprint density at radius 2 is 1.07 bits per heavy atom. The highest BCUT2D eigenvalue weighted by molar-refractivity contribution is 5.23. The molecule has 1 aromatic carbocycles. The maximum absolute atomic E-state index is 2.44. The van der Waals surface area contributed by atoms with Gasteiger partial charge in [0.05, 0.1) is 0 Å². The van der Waals surface area contributed by atoms with Gasteiger partial charge in [-0.15, -0.1) is 0 Å². The molecule has 0 radical (unpaired) electrons. The fraction of sp³-hybridized carbons (Fsp3) is 0.429. The van der Waals surface area contributed by atoms with E-state index in [0.29, 0.717) is 0 Å². The molecule has 2 heteroatoms. The van der Waals surface area contributed by atoms with Crippen molar-refractivity contribution in [2.75, 3.05) is 0 Å². The van der Waals surface area contributed by atoms with E-state index < -0.39 is 0 Å². The highest BCUT2D eigenvalue weighted by Crippen LogP contribution is 2.13. The van der Waals surface area contributed by atoms with E-state index in [4.69, 9.17) is 0 Å². The molecule has 2 aromatic heterocycles. The molecule has 0 N–H and O–H groups in total. The second kappa shape index (κ2) is 12.3. The first-order chi connectivity index (χ1) is 14.7. The normalized spacial score (nSPS) is 11.0. The molecule has 0 spiro atoms. The first kappa shape index (κ1) is 22.2. The third kappa shape index (κ3) is 8.10. The predicted octanol–water partition coefficient (Wildman–Crippen LogP) is 5.70. The molecule has 30 heavy (non-hydrogen) atoms. The zero-order valence-electron chi connectivity index (χ0n) is 18.9. The lowest BCUT2D eigenvalue weighted by Crippen LogP contribution is -2.32. The van der Waals surface area contributed by atoms with Crippen molar-refractivity contribution in [1.82, 2.24) is 0 Å². The van der Waals surface area contributed by atoms with Crippen LogP contribution in [0.3, 0.4) is 0 Å². The van der Waals surface area contributed by atoms with Crippen molar-refractivity contribution in [3.05, 3.63) is 95.6 Å². The Balaban J connectivity index is 1.30. The van der Waals surface area contributed by atoms with Gasteiger partial charge in [-0.25, -0.2) is 9.13 Å². The number of rotatable bonds is 12. The molecule has 0 atom stereocenters. The average molecular weight is 403 g/mol. The fourth-order valence-electron chi connectivity index (χ4n) is 4.13. The van der Waals surface area contributed by atoms with Crippen LogP contribution >= 0.6 is 0 Å². The molecule has 0 amide bonds. The van der Waals surface area contributed by atoms with Crippen molar-refractivity contribution in [1.29, 1.82) is 0 Å². The van der Waals surface area contributed by atoms with E-state index >= 15 is 0 Å². The summed E-state index contributed by atoms with van der Waals surface area (Å²) in [5, 5.41) is 0. The molecular weight excluding hydrogens is 364 g/mol. The molecule has 0 bridgehead atoms. The predicted molar refractivity (Wildman–Crippen MR) is 124 cm³/mol. The summed E-state index contributed by atoms with van der Waals surface area (Å²) in [5.41, 5.74) is 5.68. The first-order valence-corrected chi connectivity index (χ1v) is 11.7. The first-order valence-electron chi connectivity index (χ1n) is 11.7. The molecule has 158 valence electrons. The lowest BCUT2D eigenvalue weighted by Gasteiger charge is -2.06. The summed E-state index contributed by atoms with van der Waals surface area (Å²) >= 11 is 0. The fourth-order valence-corrected chi connectivity index (χ4v) is 4.13. The largest absolute Gasteiger partial charge is 0.205 e. The van der Waals surface area contributed by atoms with Gasteiger partial charge >= 0.3 is 0 Å².